The summed E-state index contributed by atoms with van der Waals surface area (Å²) in [7, 11) is -2.33. The molecule has 0 atom stereocenters. The zero-order valence-electron chi connectivity index (χ0n) is 9.93. The monoisotopic (exact) mass is 272 g/mol. The van der Waals surface area contributed by atoms with Crippen LogP contribution in [0.1, 0.15) is 6.42 Å². The van der Waals surface area contributed by atoms with E-state index < -0.39 is 10.0 Å². The first kappa shape index (κ1) is 14.3. The van der Waals surface area contributed by atoms with Gasteiger partial charge < -0.3 is 16.4 Å². The molecular weight excluding hydrogens is 256 g/mol. The number of nitrogens with one attached hydrogen (secondary N) is 2. The summed E-state index contributed by atoms with van der Waals surface area (Å²) in [5, 5.41) is 10.4. The van der Waals surface area contributed by atoms with Crippen LogP contribution in [0.25, 0.3) is 0 Å². The molecule has 1 rings (SSSR count). The lowest BCUT2D eigenvalue weighted by Crippen LogP contribution is -2.22. The third-order valence-corrected chi connectivity index (χ3v) is 3.21. The quantitative estimate of drug-likeness (QED) is 0.535. The molecule has 0 saturated heterocycles. The predicted octanol–water partition coefficient (Wildman–Crippen LogP) is -0.536. The fourth-order valence-electron chi connectivity index (χ4n) is 1.36. The van der Waals surface area contributed by atoms with E-state index in [2.05, 4.69) is 10.6 Å². The lowest BCUT2D eigenvalue weighted by Gasteiger charge is -2.11. The molecule has 0 saturated carbocycles. The average molecular weight is 272 g/mol. The van der Waals surface area contributed by atoms with Gasteiger partial charge in [-0.3, -0.25) is 4.79 Å². The van der Waals surface area contributed by atoms with E-state index in [4.69, 9.17) is 10.9 Å². The molecule has 0 aliphatic heterocycles. The Morgan fingerprint density at radius 3 is 2.61 bits per heavy atom. The van der Waals surface area contributed by atoms with Crippen molar-refractivity contribution in [2.45, 2.75) is 11.3 Å². The number of nitrogen functional groups attached to an aromatic ring is 1. The molecule has 8 heteroatoms. The van der Waals surface area contributed by atoms with Crippen LogP contribution in [-0.4, -0.2) is 27.9 Å². The van der Waals surface area contributed by atoms with Gasteiger partial charge in [0, 0.05) is 25.7 Å². The summed E-state index contributed by atoms with van der Waals surface area (Å²) in [5.41, 5.74) is 6.14. The summed E-state index contributed by atoms with van der Waals surface area (Å²) >= 11 is 0. The van der Waals surface area contributed by atoms with Gasteiger partial charge in [0.15, 0.2) is 0 Å². The van der Waals surface area contributed by atoms with Crippen LogP contribution in [0.2, 0.25) is 0 Å². The van der Waals surface area contributed by atoms with E-state index in [9.17, 15) is 13.2 Å². The number of benzene rings is 1. The predicted molar refractivity (Wildman–Crippen MR) is 69.4 cm³/mol. The summed E-state index contributed by atoms with van der Waals surface area (Å²) in [6.07, 6.45) is 0.227. The van der Waals surface area contributed by atoms with Gasteiger partial charge in [0.2, 0.25) is 15.9 Å². The molecule has 1 amide bonds. The van der Waals surface area contributed by atoms with Gasteiger partial charge in [-0.1, -0.05) is 0 Å². The Balaban J connectivity index is 2.86. The first-order valence-corrected chi connectivity index (χ1v) is 6.76. The third-order valence-electron chi connectivity index (χ3n) is 2.26. The van der Waals surface area contributed by atoms with E-state index in [1.54, 1.807) is 6.07 Å². The van der Waals surface area contributed by atoms with Crippen molar-refractivity contribution in [3.63, 3.8) is 0 Å². The molecule has 0 unspecified atom stereocenters. The molecule has 0 radical (unpaired) electrons. The minimum absolute atomic E-state index is 0.0839. The van der Waals surface area contributed by atoms with Crippen LogP contribution in [0.3, 0.4) is 0 Å². The summed E-state index contributed by atoms with van der Waals surface area (Å²) in [4.78, 5) is 10.9. The maximum atomic E-state index is 11.4. The standard InChI is InChI=1S/C10H16N4O3S/c1-13-10(15)4-5-14-8-3-2-7(11)6-9(8)18(12,16)17/h2-3,6,14H,4-5,11H2,1H3,(H,13,15)(H2,12,16,17). The molecule has 6 N–H and O–H groups in total. The van der Waals surface area contributed by atoms with E-state index in [0.29, 0.717) is 17.9 Å². The summed E-state index contributed by atoms with van der Waals surface area (Å²) in [6.45, 7) is 0.298. The maximum absolute atomic E-state index is 11.4. The lowest BCUT2D eigenvalue weighted by atomic mass is 10.2. The van der Waals surface area contributed by atoms with Gasteiger partial charge in [0.25, 0.3) is 0 Å². The van der Waals surface area contributed by atoms with Crippen molar-refractivity contribution < 1.29 is 13.2 Å². The number of rotatable bonds is 5. The number of nitrogens with two attached hydrogens (primary N) is 2. The number of hydrogen-bond donors (Lipinski definition) is 4. The smallest absolute Gasteiger partial charge is 0.240 e. The Hall–Kier alpha value is -1.80. The van der Waals surface area contributed by atoms with E-state index in [0.717, 1.165) is 0 Å². The first-order chi connectivity index (χ1) is 8.34. The van der Waals surface area contributed by atoms with Crippen LogP contribution in [-0.2, 0) is 14.8 Å². The SMILES string of the molecule is CNC(=O)CCNc1ccc(N)cc1S(N)(=O)=O. The third kappa shape index (κ3) is 3.90. The summed E-state index contributed by atoms with van der Waals surface area (Å²) in [5.74, 6) is -0.143. The number of primary sulfonamides is 1. The first-order valence-electron chi connectivity index (χ1n) is 5.21. The maximum Gasteiger partial charge on any atom is 0.240 e. The topological polar surface area (TPSA) is 127 Å². The number of carbonyl (C=O) groups excluding carboxylic acids is 1. The molecule has 0 aliphatic rings. The minimum Gasteiger partial charge on any atom is -0.399 e. The van der Waals surface area contributed by atoms with Crippen molar-refractivity contribution in [2.24, 2.45) is 5.14 Å². The molecule has 0 fully saturated rings. The molecule has 0 aromatic heterocycles. The second-order valence-electron chi connectivity index (χ2n) is 3.65. The van der Waals surface area contributed by atoms with Gasteiger partial charge >= 0.3 is 0 Å². The zero-order valence-corrected chi connectivity index (χ0v) is 10.8. The minimum atomic E-state index is -3.86. The van der Waals surface area contributed by atoms with Crippen molar-refractivity contribution in [3.8, 4) is 0 Å². The highest BCUT2D eigenvalue weighted by Crippen LogP contribution is 2.22. The van der Waals surface area contributed by atoms with Gasteiger partial charge in [-0.05, 0) is 18.2 Å². The Bertz CT molecular complexity index is 542. The fraction of sp³-hybridized carbons (Fsp3) is 0.300. The summed E-state index contributed by atoms with van der Waals surface area (Å²) < 4.78 is 22.7. The molecule has 0 spiro atoms. The second-order valence-corrected chi connectivity index (χ2v) is 5.18. The fourth-order valence-corrected chi connectivity index (χ4v) is 2.10. The average Bonchev–Trinajstić information content (AvgIpc) is 2.29. The number of amides is 1. The van der Waals surface area contributed by atoms with E-state index >= 15 is 0 Å². The Morgan fingerprint density at radius 1 is 1.39 bits per heavy atom. The Labute approximate surface area is 106 Å². The van der Waals surface area contributed by atoms with Crippen LogP contribution >= 0.6 is 0 Å². The molecule has 1 aromatic rings. The van der Waals surface area contributed by atoms with Crippen LogP contribution in [0.15, 0.2) is 23.1 Å². The van der Waals surface area contributed by atoms with Gasteiger partial charge in [0.1, 0.15) is 4.90 Å². The Kier molecular flexibility index (Phi) is 4.51. The van der Waals surface area contributed by atoms with Gasteiger partial charge in [0.05, 0.1) is 5.69 Å². The highest BCUT2D eigenvalue weighted by molar-refractivity contribution is 7.89. The highest BCUT2D eigenvalue weighted by Gasteiger charge is 2.14. The molecule has 1 aromatic carbocycles. The lowest BCUT2D eigenvalue weighted by molar-refractivity contribution is -0.120. The number of anilines is 2. The molecule has 0 heterocycles. The van der Waals surface area contributed by atoms with Crippen LogP contribution in [0.5, 0.6) is 0 Å². The largest absolute Gasteiger partial charge is 0.399 e. The van der Waals surface area contributed by atoms with E-state index in [1.165, 1.54) is 19.2 Å². The van der Waals surface area contributed by atoms with Gasteiger partial charge in [-0.25, -0.2) is 13.6 Å². The zero-order chi connectivity index (χ0) is 13.8. The van der Waals surface area contributed by atoms with Crippen molar-refractivity contribution in [2.75, 3.05) is 24.6 Å². The molecular formula is C10H16N4O3S. The van der Waals surface area contributed by atoms with Crippen molar-refractivity contribution in [1.29, 1.82) is 0 Å². The number of carbonyl (C=O) groups is 1. The van der Waals surface area contributed by atoms with Gasteiger partial charge in [-0.2, -0.15) is 0 Å². The van der Waals surface area contributed by atoms with Crippen molar-refractivity contribution in [1.82, 2.24) is 5.32 Å². The van der Waals surface area contributed by atoms with E-state index in [-0.39, 0.29) is 17.2 Å². The molecule has 0 bridgehead atoms. The Morgan fingerprint density at radius 2 is 2.06 bits per heavy atom. The van der Waals surface area contributed by atoms with Crippen molar-refractivity contribution in [3.05, 3.63) is 18.2 Å². The molecule has 7 nitrogen and oxygen atoms in total. The number of sulfonamides is 1. The van der Waals surface area contributed by atoms with E-state index in [1.807, 2.05) is 0 Å². The van der Waals surface area contributed by atoms with Crippen LogP contribution in [0.4, 0.5) is 11.4 Å². The number of hydrogen-bond acceptors (Lipinski definition) is 5. The van der Waals surface area contributed by atoms with Crippen molar-refractivity contribution >= 4 is 27.3 Å². The second kappa shape index (κ2) is 5.69. The van der Waals surface area contributed by atoms with Crippen LogP contribution < -0.4 is 21.5 Å². The van der Waals surface area contributed by atoms with Gasteiger partial charge in [-0.15, -0.1) is 0 Å². The molecule has 18 heavy (non-hydrogen) atoms. The normalized spacial score (nSPS) is 11.0. The molecule has 0 aliphatic carbocycles. The van der Waals surface area contributed by atoms with Crippen LogP contribution in [0, 0.1) is 0 Å². The highest BCUT2D eigenvalue weighted by atomic mass is 32.2. The summed E-state index contributed by atoms with van der Waals surface area (Å²) in [6, 6.07) is 4.34. The molecule has 100 valence electrons.